The molecule has 1 fully saturated rings. The maximum atomic E-state index is 11.5. The van der Waals surface area contributed by atoms with E-state index in [4.69, 9.17) is 9.47 Å². The number of rotatable bonds is 1. The molecule has 1 aromatic carbocycles. The average molecular weight is 219 g/mol. The van der Waals surface area contributed by atoms with Gasteiger partial charge in [0.2, 0.25) is 12.6 Å². The number of ketones is 1. The second-order valence-electron chi connectivity index (χ2n) is 3.67. The predicted molar refractivity (Wildman–Crippen MR) is 54.5 cm³/mol. The Balaban J connectivity index is 1.96. The quantitative estimate of drug-likeness (QED) is 0.653. The summed E-state index contributed by atoms with van der Waals surface area (Å²) in [6.45, 7) is 0.642. The molecule has 3 rings (SSSR count). The number of carbonyl (C=O) groups is 2. The molecule has 5 heteroatoms. The van der Waals surface area contributed by atoms with Crippen molar-refractivity contribution in [3.63, 3.8) is 0 Å². The summed E-state index contributed by atoms with van der Waals surface area (Å²) in [4.78, 5) is 24.1. The number of hydrogen-bond acceptors (Lipinski definition) is 4. The molecule has 0 saturated carbocycles. The van der Waals surface area contributed by atoms with Crippen LogP contribution in [0.25, 0.3) is 0 Å². The summed E-state index contributed by atoms with van der Waals surface area (Å²) >= 11 is 0. The van der Waals surface area contributed by atoms with Crippen LogP contribution < -0.4 is 14.4 Å². The Morgan fingerprint density at radius 3 is 2.69 bits per heavy atom. The molecule has 0 bridgehead atoms. The molecule has 0 N–H and O–H groups in total. The summed E-state index contributed by atoms with van der Waals surface area (Å²) in [6, 6.07) is 5.22. The maximum Gasteiger partial charge on any atom is 0.294 e. The molecule has 2 aliphatic rings. The lowest BCUT2D eigenvalue weighted by Gasteiger charge is -2.14. The molecule has 0 radical (unpaired) electrons. The zero-order valence-corrected chi connectivity index (χ0v) is 8.43. The minimum Gasteiger partial charge on any atom is -0.454 e. The van der Waals surface area contributed by atoms with Gasteiger partial charge in [-0.1, -0.05) is 0 Å². The highest BCUT2D eigenvalue weighted by molar-refractivity contribution is 6.43. The number of anilines is 1. The molecule has 0 atom stereocenters. The van der Waals surface area contributed by atoms with Crippen molar-refractivity contribution < 1.29 is 19.1 Å². The number of carbonyl (C=O) groups excluding carboxylic acids is 2. The first-order chi connectivity index (χ1) is 7.75. The van der Waals surface area contributed by atoms with Crippen LogP contribution in [0.2, 0.25) is 0 Å². The van der Waals surface area contributed by atoms with Gasteiger partial charge in [-0.2, -0.15) is 0 Å². The average Bonchev–Trinajstić information content (AvgIpc) is 2.86. The highest BCUT2D eigenvalue weighted by Gasteiger charge is 2.31. The van der Waals surface area contributed by atoms with Crippen LogP contribution in [-0.2, 0) is 9.59 Å². The molecule has 2 heterocycles. The maximum absolute atomic E-state index is 11.5. The number of nitrogens with zero attached hydrogens (tertiary/aromatic N) is 1. The molecule has 1 amide bonds. The van der Waals surface area contributed by atoms with Crippen LogP contribution in [0, 0.1) is 0 Å². The van der Waals surface area contributed by atoms with E-state index in [1.54, 1.807) is 18.2 Å². The van der Waals surface area contributed by atoms with Crippen LogP contribution in [-0.4, -0.2) is 25.0 Å². The van der Waals surface area contributed by atoms with E-state index in [-0.39, 0.29) is 19.0 Å². The fourth-order valence-electron chi connectivity index (χ4n) is 1.87. The Kier molecular flexibility index (Phi) is 1.86. The molecule has 82 valence electrons. The summed E-state index contributed by atoms with van der Waals surface area (Å²) in [7, 11) is 0. The normalized spacial score (nSPS) is 18.4. The third-order valence-corrected chi connectivity index (χ3v) is 2.71. The van der Waals surface area contributed by atoms with E-state index in [0.717, 1.165) is 0 Å². The van der Waals surface area contributed by atoms with Crippen molar-refractivity contribution in [1.29, 1.82) is 0 Å². The molecular formula is C11H9NO4. The minimum atomic E-state index is -0.445. The lowest BCUT2D eigenvalue weighted by atomic mass is 10.2. The van der Waals surface area contributed by atoms with Gasteiger partial charge in [-0.3, -0.25) is 9.59 Å². The molecule has 1 aromatic rings. The molecular weight excluding hydrogens is 210 g/mol. The summed E-state index contributed by atoms with van der Waals surface area (Å²) < 4.78 is 10.4. The fourth-order valence-corrected chi connectivity index (χ4v) is 1.87. The first-order valence-electron chi connectivity index (χ1n) is 5.00. The van der Waals surface area contributed by atoms with Crippen molar-refractivity contribution in [2.75, 3.05) is 18.2 Å². The van der Waals surface area contributed by atoms with Gasteiger partial charge in [0.25, 0.3) is 5.91 Å². The van der Waals surface area contributed by atoms with Crippen LogP contribution in [0.1, 0.15) is 6.42 Å². The number of hydrogen-bond donors (Lipinski definition) is 0. The van der Waals surface area contributed by atoms with E-state index in [1.165, 1.54) is 4.90 Å². The van der Waals surface area contributed by atoms with Crippen molar-refractivity contribution in [3.8, 4) is 11.5 Å². The minimum absolute atomic E-state index is 0.200. The Hall–Kier alpha value is -2.04. The number of Topliss-reactive ketones (excluding diaryl/α,β-unsaturated/α-hetero) is 1. The first-order valence-corrected chi connectivity index (χ1v) is 5.00. The molecule has 2 aliphatic heterocycles. The van der Waals surface area contributed by atoms with Crippen LogP contribution in [0.3, 0.4) is 0 Å². The standard InChI is InChI=1S/C11H9NO4/c13-8-3-4-12(11(8)14)7-1-2-9-10(5-7)16-6-15-9/h1-2,5H,3-4,6H2. The highest BCUT2D eigenvalue weighted by Crippen LogP contribution is 2.36. The van der Waals surface area contributed by atoms with Crippen molar-refractivity contribution in [2.45, 2.75) is 6.42 Å². The van der Waals surface area contributed by atoms with E-state index in [9.17, 15) is 9.59 Å². The number of fused-ring (bicyclic) bond motifs is 1. The SMILES string of the molecule is O=C1CCN(c2ccc3c(c2)OCO3)C1=O. The number of amides is 1. The van der Waals surface area contributed by atoms with Gasteiger partial charge in [-0.05, 0) is 12.1 Å². The number of ether oxygens (including phenoxy) is 2. The summed E-state index contributed by atoms with van der Waals surface area (Å²) in [5.41, 5.74) is 0.681. The van der Waals surface area contributed by atoms with E-state index >= 15 is 0 Å². The van der Waals surface area contributed by atoms with Gasteiger partial charge in [0.05, 0.1) is 0 Å². The topological polar surface area (TPSA) is 55.8 Å². The molecule has 1 saturated heterocycles. The molecule has 0 spiro atoms. The van der Waals surface area contributed by atoms with Gasteiger partial charge in [0, 0.05) is 24.7 Å². The van der Waals surface area contributed by atoms with Gasteiger partial charge >= 0.3 is 0 Å². The Labute approximate surface area is 91.6 Å². The largest absolute Gasteiger partial charge is 0.454 e. The lowest BCUT2D eigenvalue weighted by molar-refractivity contribution is -0.133. The Morgan fingerprint density at radius 1 is 1.12 bits per heavy atom. The monoisotopic (exact) mass is 219 g/mol. The van der Waals surface area contributed by atoms with Crippen molar-refractivity contribution in [1.82, 2.24) is 0 Å². The van der Waals surface area contributed by atoms with Crippen molar-refractivity contribution in [3.05, 3.63) is 18.2 Å². The predicted octanol–water partition coefficient (Wildman–Crippen LogP) is 0.721. The summed E-state index contributed by atoms with van der Waals surface area (Å²) in [5, 5.41) is 0. The van der Waals surface area contributed by atoms with Gasteiger partial charge in [0.1, 0.15) is 0 Å². The Morgan fingerprint density at radius 2 is 1.94 bits per heavy atom. The molecule has 0 aliphatic carbocycles. The van der Waals surface area contributed by atoms with Gasteiger partial charge in [-0.25, -0.2) is 0 Å². The molecule has 5 nitrogen and oxygen atoms in total. The van der Waals surface area contributed by atoms with E-state index in [2.05, 4.69) is 0 Å². The van der Waals surface area contributed by atoms with Crippen LogP contribution in [0.4, 0.5) is 5.69 Å². The second-order valence-corrected chi connectivity index (χ2v) is 3.67. The molecule has 0 aromatic heterocycles. The van der Waals surface area contributed by atoms with Crippen LogP contribution in [0.5, 0.6) is 11.5 Å². The van der Waals surface area contributed by atoms with E-state index < -0.39 is 5.91 Å². The second kappa shape index (κ2) is 3.23. The molecule has 0 unspecified atom stereocenters. The smallest absolute Gasteiger partial charge is 0.294 e. The lowest BCUT2D eigenvalue weighted by Crippen LogP contribution is -2.26. The van der Waals surface area contributed by atoms with E-state index in [1.807, 2.05) is 0 Å². The van der Waals surface area contributed by atoms with Crippen LogP contribution >= 0.6 is 0 Å². The van der Waals surface area contributed by atoms with E-state index in [0.29, 0.717) is 23.7 Å². The van der Waals surface area contributed by atoms with Gasteiger partial charge in [-0.15, -0.1) is 0 Å². The van der Waals surface area contributed by atoms with Gasteiger partial charge in [0.15, 0.2) is 11.5 Å². The fraction of sp³-hybridized carbons (Fsp3) is 0.273. The Bertz CT molecular complexity index is 483. The third kappa shape index (κ3) is 1.25. The highest BCUT2D eigenvalue weighted by atomic mass is 16.7. The van der Waals surface area contributed by atoms with Crippen molar-refractivity contribution in [2.24, 2.45) is 0 Å². The zero-order chi connectivity index (χ0) is 11.1. The first kappa shape index (κ1) is 9.21. The van der Waals surface area contributed by atoms with Crippen LogP contribution in [0.15, 0.2) is 18.2 Å². The number of benzene rings is 1. The zero-order valence-electron chi connectivity index (χ0n) is 8.43. The molecule has 16 heavy (non-hydrogen) atoms. The summed E-state index contributed by atoms with van der Waals surface area (Å²) in [6.07, 6.45) is 0.285. The van der Waals surface area contributed by atoms with Gasteiger partial charge < -0.3 is 14.4 Å². The third-order valence-electron chi connectivity index (χ3n) is 2.71. The van der Waals surface area contributed by atoms with Crippen molar-refractivity contribution >= 4 is 17.4 Å². The summed E-state index contributed by atoms with van der Waals surface area (Å²) in [5.74, 6) is 0.503.